The van der Waals surface area contributed by atoms with E-state index in [1.807, 2.05) is 18.9 Å². The van der Waals surface area contributed by atoms with Gasteiger partial charge in [-0.25, -0.2) is 15.0 Å². The first-order valence-electron chi connectivity index (χ1n) is 7.93. The number of aromatic nitrogens is 2. The first-order chi connectivity index (χ1) is 11.4. The number of anilines is 1. The molecule has 23 heavy (non-hydrogen) atoms. The van der Waals surface area contributed by atoms with E-state index in [9.17, 15) is 0 Å². The Hall–Kier alpha value is -2.38. The van der Waals surface area contributed by atoms with Gasteiger partial charge in [-0.05, 0) is 6.07 Å². The number of para-hydroxylation sites is 1. The molecule has 0 saturated carbocycles. The minimum atomic E-state index is -0.00330. The minimum absolute atomic E-state index is 0.00330. The third-order valence-corrected chi connectivity index (χ3v) is 4.63. The normalized spacial score (nSPS) is 22.9. The quantitative estimate of drug-likeness (QED) is 0.835. The first kappa shape index (κ1) is 13.1. The molecule has 3 aliphatic rings. The highest BCUT2D eigenvalue weighted by molar-refractivity contribution is 5.69. The van der Waals surface area contributed by atoms with Crippen LogP contribution in [-0.4, -0.2) is 58.8 Å². The maximum atomic E-state index is 5.44. The lowest BCUT2D eigenvalue weighted by atomic mass is 10.1. The van der Waals surface area contributed by atoms with Crippen LogP contribution in [0.3, 0.4) is 0 Å². The van der Waals surface area contributed by atoms with Crippen LogP contribution >= 0.6 is 0 Å². The maximum absolute atomic E-state index is 5.44. The molecule has 0 N–H and O–H groups in total. The Labute approximate surface area is 134 Å². The summed E-state index contributed by atoms with van der Waals surface area (Å²) in [6, 6.07) is 8.39. The van der Waals surface area contributed by atoms with Crippen molar-refractivity contribution in [2.75, 3.05) is 38.0 Å². The fraction of sp³-hybridized carbons (Fsp3) is 0.375. The Morgan fingerprint density at radius 1 is 1.17 bits per heavy atom. The molecule has 0 aliphatic carbocycles. The van der Waals surface area contributed by atoms with Crippen molar-refractivity contribution in [1.29, 1.82) is 0 Å². The van der Waals surface area contributed by atoms with Gasteiger partial charge in [0.25, 0.3) is 0 Å². The van der Waals surface area contributed by atoms with Gasteiger partial charge in [-0.2, -0.15) is 0 Å². The molecule has 1 aromatic carbocycles. The number of rotatable bonds is 2. The molecule has 1 aromatic heterocycles. The predicted octanol–water partition coefficient (Wildman–Crippen LogP) is 1.24. The fourth-order valence-corrected chi connectivity index (χ4v) is 3.49. The van der Waals surface area contributed by atoms with Crippen LogP contribution in [0.25, 0.3) is 5.69 Å². The van der Waals surface area contributed by atoms with Crippen LogP contribution in [0, 0.1) is 0 Å². The summed E-state index contributed by atoms with van der Waals surface area (Å²) in [5, 5.41) is 4.41. The molecular formula is C16H18N6O. The average Bonchev–Trinajstić information content (AvgIpc) is 3.23. The predicted molar refractivity (Wildman–Crippen MR) is 86.4 cm³/mol. The molecule has 1 unspecified atom stereocenters. The van der Waals surface area contributed by atoms with Crippen molar-refractivity contribution >= 4 is 12.2 Å². The van der Waals surface area contributed by atoms with E-state index in [2.05, 4.69) is 48.7 Å². The van der Waals surface area contributed by atoms with Crippen LogP contribution in [0.5, 0.6) is 0 Å². The molecule has 1 fully saturated rings. The summed E-state index contributed by atoms with van der Waals surface area (Å²) in [4.78, 5) is 11.5. The average molecular weight is 310 g/mol. The molecule has 1 atom stereocenters. The largest absolute Gasteiger partial charge is 0.379 e. The molecule has 1 saturated heterocycles. The molecule has 118 valence electrons. The van der Waals surface area contributed by atoms with Gasteiger partial charge >= 0.3 is 0 Å². The summed E-state index contributed by atoms with van der Waals surface area (Å²) >= 11 is 0. The number of imidazole rings is 1. The number of hydrogen-bond donors (Lipinski definition) is 0. The zero-order valence-electron chi connectivity index (χ0n) is 12.7. The molecule has 4 heterocycles. The van der Waals surface area contributed by atoms with E-state index in [-0.39, 0.29) is 6.17 Å². The van der Waals surface area contributed by atoms with Gasteiger partial charge < -0.3 is 4.74 Å². The highest BCUT2D eigenvalue weighted by atomic mass is 16.5. The molecule has 2 aromatic rings. The zero-order valence-corrected chi connectivity index (χ0v) is 12.7. The van der Waals surface area contributed by atoms with Crippen LogP contribution < -0.4 is 5.01 Å². The molecule has 7 nitrogen and oxygen atoms in total. The zero-order chi connectivity index (χ0) is 15.2. The molecule has 7 heteroatoms. The Morgan fingerprint density at radius 2 is 2.04 bits per heavy atom. The van der Waals surface area contributed by atoms with E-state index in [1.54, 1.807) is 0 Å². The summed E-state index contributed by atoms with van der Waals surface area (Å²) < 4.78 is 7.57. The van der Waals surface area contributed by atoms with Gasteiger partial charge in [0.2, 0.25) is 0 Å². The Kier molecular flexibility index (Phi) is 2.89. The van der Waals surface area contributed by atoms with Crippen molar-refractivity contribution in [3.63, 3.8) is 0 Å². The van der Waals surface area contributed by atoms with Gasteiger partial charge in [-0.3, -0.25) is 14.5 Å². The Balaban J connectivity index is 1.51. The van der Waals surface area contributed by atoms with Gasteiger partial charge in [-0.15, -0.1) is 0 Å². The van der Waals surface area contributed by atoms with Gasteiger partial charge in [-0.1, -0.05) is 18.2 Å². The van der Waals surface area contributed by atoms with Crippen molar-refractivity contribution in [2.45, 2.75) is 6.17 Å². The SMILES string of the molecule is C1=NC2c3ccccc3-n3cncc3N2N1CN1CCOCC1. The maximum Gasteiger partial charge on any atom is 0.171 e. The van der Waals surface area contributed by atoms with Crippen LogP contribution in [0.2, 0.25) is 0 Å². The van der Waals surface area contributed by atoms with Crippen molar-refractivity contribution in [3.05, 3.63) is 42.4 Å². The molecule has 0 amide bonds. The summed E-state index contributed by atoms with van der Waals surface area (Å²) in [5.41, 5.74) is 2.37. The summed E-state index contributed by atoms with van der Waals surface area (Å²) in [7, 11) is 0. The Bertz CT molecular complexity index is 751. The lowest BCUT2D eigenvalue weighted by Gasteiger charge is -2.40. The topological polar surface area (TPSA) is 49.1 Å². The van der Waals surface area contributed by atoms with Gasteiger partial charge in [0.1, 0.15) is 12.7 Å². The molecule has 0 radical (unpaired) electrons. The molecule has 0 spiro atoms. The van der Waals surface area contributed by atoms with Crippen LogP contribution in [0.4, 0.5) is 5.82 Å². The number of fused-ring (bicyclic) bond motifs is 6. The summed E-state index contributed by atoms with van der Waals surface area (Å²) in [6.07, 6.45) is 5.72. The van der Waals surface area contributed by atoms with E-state index in [1.165, 1.54) is 5.56 Å². The van der Waals surface area contributed by atoms with Crippen LogP contribution in [0.15, 0.2) is 41.8 Å². The summed E-state index contributed by atoms with van der Waals surface area (Å²) in [6.45, 7) is 4.33. The van der Waals surface area contributed by atoms with E-state index >= 15 is 0 Å². The lowest BCUT2D eigenvalue weighted by molar-refractivity contribution is 0.0207. The number of morpholine rings is 1. The van der Waals surface area contributed by atoms with Crippen molar-refractivity contribution in [1.82, 2.24) is 19.5 Å². The number of hydrazine groups is 1. The molecular weight excluding hydrogens is 292 g/mol. The van der Waals surface area contributed by atoms with Crippen molar-refractivity contribution in [3.8, 4) is 5.69 Å². The van der Waals surface area contributed by atoms with Crippen LogP contribution in [0.1, 0.15) is 11.7 Å². The van der Waals surface area contributed by atoms with E-state index in [0.717, 1.165) is 44.5 Å². The number of aliphatic imine (C=N–C) groups is 1. The highest BCUT2D eigenvalue weighted by Gasteiger charge is 2.37. The van der Waals surface area contributed by atoms with E-state index < -0.39 is 0 Å². The van der Waals surface area contributed by atoms with Crippen LogP contribution in [-0.2, 0) is 4.74 Å². The highest BCUT2D eigenvalue weighted by Crippen LogP contribution is 2.41. The molecule has 0 bridgehead atoms. The number of nitrogens with zero attached hydrogens (tertiary/aromatic N) is 6. The Morgan fingerprint density at radius 3 is 2.96 bits per heavy atom. The third kappa shape index (κ3) is 1.97. The number of hydrogen-bond acceptors (Lipinski definition) is 6. The van der Waals surface area contributed by atoms with E-state index in [4.69, 9.17) is 9.73 Å². The second-order valence-electron chi connectivity index (χ2n) is 5.97. The number of ether oxygens (including phenoxy) is 1. The van der Waals surface area contributed by atoms with Gasteiger partial charge in [0, 0.05) is 18.7 Å². The lowest BCUT2D eigenvalue weighted by Crippen LogP contribution is -2.50. The second kappa shape index (κ2) is 5.07. The molecule has 5 rings (SSSR count). The van der Waals surface area contributed by atoms with Gasteiger partial charge in [0.15, 0.2) is 12.0 Å². The second-order valence-corrected chi connectivity index (χ2v) is 5.97. The minimum Gasteiger partial charge on any atom is -0.379 e. The van der Waals surface area contributed by atoms with Crippen molar-refractivity contribution in [2.24, 2.45) is 4.99 Å². The molecule has 3 aliphatic heterocycles. The number of benzene rings is 1. The fourth-order valence-electron chi connectivity index (χ4n) is 3.49. The monoisotopic (exact) mass is 310 g/mol. The first-order valence-corrected chi connectivity index (χ1v) is 7.93. The van der Waals surface area contributed by atoms with E-state index in [0.29, 0.717) is 0 Å². The van der Waals surface area contributed by atoms with Crippen molar-refractivity contribution < 1.29 is 4.74 Å². The standard InChI is InChI=1S/C16H18N6O/c1-2-4-14-13(3-1)16-18-11-20(12-19-5-7-23-8-6-19)22(16)15-9-17-10-21(14)15/h1-4,9-11,16H,5-8,12H2. The smallest absolute Gasteiger partial charge is 0.171 e. The van der Waals surface area contributed by atoms with Gasteiger partial charge in [0.05, 0.1) is 31.8 Å². The summed E-state index contributed by atoms with van der Waals surface area (Å²) in [5.74, 6) is 1.06. The third-order valence-electron chi connectivity index (χ3n) is 4.63.